The number of hydrogen-bond donors (Lipinski definition) is 1. The summed E-state index contributed by atoms with van der Waals surface area (Å²) in [6.07, 6.45) is 0. The summed E-state index contributed by atoms with van der Waals surface area (Å²) in [7, 11) is 0. The quantitative estimate of drug-likeness (QED) is 0.644. The first-order chi connectivity index (χ1) is 12.1. The first-order valence-corrected chi connectivity index (χ1v) is 9.42. The molecular formula is C20H17ClFNOS. The second-order valence-electron chi connectivity index (χ2n) is 5.64. The number of thioether (sulfide) groups is 1. The maximum atomic E-state index is 13.7. The van der Waals surface area contributed by atoms with Crippen LogP contribution in [0, 0.1) is 5.82 Å². The zero-order valence-corrected chi connectivity index (χ0v) is 15.0. The molecule has 0 aliphatic heterocycles. The molecule has 5 heteroatoms. The average molecular weight is 374 g/mol. The zero-order chi connectivity index (χ0) is 17.6. The predicted molar refractivity (Wildman–Crippen MR) is 103 cm³/mol. The molecule has 0 fully saturated rings. The van der Waals surface area contributed by atoms with Crippen LogP contribution in [0.15, 0.2) is 60.7 Å². The van der Waals surface area contributed by atoms with Crippen LogP contribution in [0.1, 0.15) is 11.1 Å². The summed E-state index contributed by atoms with van der Waals surface area (Å²) in [6, 6.07) is 18.7. The lowest BCUT2D eigenvalue weighted by Crippen LogP contribution is -2.24. The number of carbonyl (C=O) groups is 1. The third-order valence-corrected chi connectivity index (χ3v) is 5.08. The lowest BCUT2D eigenvalue weighted by molar-refractivity contribution is -0.118. The van der Waals surface area contributed by atoms with E-state index in [2.05, 4.69) is 23.5 Å². The number of rotatable bonds is 6. The maximum absolute atomic E-state index is 13.7. The predicted octanol–water partition coefficient (Wildman–Crippen LogP) is 5.18. The Bertz CT molecular complexity index is 895. The molecule has 1 N–H and O–H groups in total. The Labute approximate surface area is 155 Å². The topological polar surface area (TPSA) is 29.1 Å². The van der Waals surface area contributed by atoms with Crippen molar-refractivity contribution < 1.29 is 9.18 Å². The van der Waals surface area contributed by atoms with E-state index in [1.807, 2.05) is 24.3 Å². The van der Waals surface area contributed by atoms with Gasteiger partial charge in [0, 0.05) is 17.3 Å². The van der Waals surface area contributed by atoms with Crippen LogP contribution in [0.25, 0.3) is 10.8 Å². The summed E-state index contributed by atoms with van der Waals surface area (Å²) in [4.78, 5) is 12.0. The van der Waals surface area contributed by atoms with Crippen molar-refractivity contribution in [3.8, 4) is 0 Å². The molecule has 3 rings (SSSR count). The molecule has 2 nitrogen and oxygen atoms in total. The van der Waals surface area contributed by atoms with Gasteiger partial charge in [-0.2, -0.15) is 0 Å². The zero-order valence-electron chi connectivity index (χ0n) is 13.5. The van der Waals surface area contributed by atoms with E-state index < -0.39 is 0 Å². The van der Waals surface area contributed by atoms with Crippen LogP contribution in [0.2, 0.25) is 5.02 Å². The third-order valence-electron chi connectivity index (χ3n) is 3.86. The SMILES string of the molecule is O=C(CSCc1ccc(Cl)cc1F)NCc1cccc2ccccc12. The molecule has 25 heavy (non-hydrogen) atoms. The molecule has 1 amide bonds. The van der Waals surface area contributed by atoms with Gasteiger partial charge in [-0.3, -0.25) is 4.79 Å². The van der Waals surface area contributed by atoms with Crippen LogP contribution in [0.5, 0.6) is 0 Å². The molecule has 0 radical (unpaired) electrons. The maximum Gasteiger partial charge on any atom is 0.230 e. The number of hydrogen-bond acceptors (Lipinski definition) is 2. The van der Waals surface area contributed by atoms with E-state index in [1.54, 1.807) is 12.1 Å². The van der Waals surface area contributed by atoms with Crippen LogP contribution >= 0.6 is 23.4 Å². The minimum absolute atomic E-state index is 0.0627. The van der Waals surface area contributed by atoms with Gasteiger partial charge in [0.05, 0.1) is 5.75 Å². The molecule has 0 saturated heterocycles. The summed E-state index contributed by atoms with van der Waals surface area (Å²) in [5.74, 6) is 0.320. The Morgan fingerprint density at radius 2 is 1.84 bits per heavy atom. The smallest absolute Gasteiger partial charge is 0.230 e. The highest BCUT2D eigenvalue weighted by atomic mass is 35.5. The largest absolute Gasteiger partial charge is 0.351 e. The highest BCUT2D eigenvalue weighted by Crippen LogP contribution is 2.20. The highest BCUT2D eigenvalue weighted by molar-refractivity contribution is 7.99. The summed E-state index contributed by atoms with van der Waals surface area (Å²) in [5, 5.41) is 5.60. The Morgan fingerprint density at radius 1 is 1.04 bits per heavy atom. The Hall–Kier alpha value is -2.04. The Morgan fingerprint density at radius 3 is 2.68 bits per heavy atom. The van der Waals surface area contributed by atoms with Gasteiger partial charge in [0.2, 0.25) is 5.91 Å². The van der Waals surface area contributed by atoms with Crippen molar-refractivity contribution >= 4 is 40.0 Å². The van der Waals surface area contributed by atoms with E-state index in [1.165, 1.54) is 17.8 Å². The Kier molecular flexibility index (Phi) is 5.95. The van der Waals surface area contributed by atoms with Gasteiger partial charge in [0.25, 0.3) is 0 Å². The van der Waals surface area contributed by atoms with E-state index in [0.29, 0.717) is 22.9 Å². The number of halogens is 2. The second-order valence-corrected chi connectivity index (χ2v) is 7.07. The normalized spacial score (nSPS) is 10.8. The molecule has 3 aromatic rings. The van der Waals surface area contributed by atoms with Crippen LogP contribution in [-0.4, -0.2) is 11.7 Å². The monoisotopic (exact) mass is 373 g/mol. The lowest BCUT2D eigenvalue weighted by Gasteiger charge is -2.09. The van der Waals surface area contributed by atoms with E-state index >= 15 is 0 Å². The summed E-state index contributed by atoms with van der Waals surface area (Å²) in [6.45, 7) is 0.482. The first-order valence-electron chi connectivity index (χ1n) is 7.88. The van der Waals surface area contributed by atoms with Crippen molar-refractivity contribution in [2.24, 2.45) is 0 Å². The van der Waals surface area contributed by atoms with Crippen LogP contribution in [0.4, 0.5) is 4.39 Å². The van der Waals surface area contributed by atoms with E-state index in [0.717, 1.165) is 16.3 Å². The second kappa shape index (κ2) is 8.37. The third kappa shape index (κ3) is 4.74. The van der Waals surface area contributed by atoms with Crippen molar-refractivity contribution in [3.63, 3.8) is 0 Å². The van der Waals surface area contributed by atoms with Crippen LogP contribution in [0.3, 0.4) is 0 Å². The molecule has 0 aromatic heterocycles. The van der Waals surface area contributed by atoms with Gasteiger partial charge in [-0.05, 0) is 34.0 Å². The van der Waals surface area contributed by atoms with E-state index in [4.69, 9.17) is 11.6 Å². The molecule has 3 aromatic carbocycles. The molecular weight excluding hydrogens is 357 g/mol. The van der Waals surface area contributed by atoms with Gasteiger partial charge in [0.1, 0.15) is 5.82 Å². The summed E-state index contributed by atoms with van der Waals surface area (Å²) >= 11 is 7.11. The van der Waals surface area contributed by atoms with Crippen LogP contribution in [-0.2, 0) is 17.1 Å². The molecule has 0 spiro atoms. The first kappa shape index (κ1) is 17.8. The lowest BCUT2D eigenvalue weighted by atomic mass is 10.0. The molecule has 0 aliphatic carbocycles. The summed E-state index contributed by atoms with van der Waals surface area (Å²) < 4.78 is 13.7. The molecule has 0 unspecified atom stereocenters. The van der Waals surface area contributed by atoms with Crippen molar-refractivity contribution in [2.45, 2.75) is 12.3 Å². The number of fused-ring (bicyclic) bond motifs is 1. The van der Waals surface area contributed by atoms with Crippen molar-refractivity contribution in [1.82, 2.24) is 5.32 Å². The number of nitrogens with one attached hydrogen (secondary N) is 1. The van der Waals surface area contributed by atoms with Gasteiger partial charge in [-0.15, -0.1) is 11.8 Å². The number of benzene rings is 3. The molecule has 0 bridgehead atoms. The standard InChI is InChI=1S/C20H17ClFNOS/c21-17-9-8-16(19(22)10-17)12-25-13-20(24)23-11-15-6-3-5-14-4-1-2-7-18(14)15/h1-10H,11-13H2,(H,23,24). The summed E-state index contributed by atoms with van der Waals surface area (Å²) in [5.41, 5.74) is 1.64. The fraction of sp³-hybridized carbons (Fsp3) is 0.150. The van der Waals surface area contributed by atoms with Gasteiger partial charge in [0.15, 0.2) is 0 Å². The van der Waals surface area contributed by atoms with Gasteiger partial charge < -0.3 is 5.32 Å². The molecule has 0 saturated carbocycles. The number of carbonyl (C=O) groups excluding carboxylic acids is 1. The van der Waals surface area contributed by atoms with Gasteiger partial charge >= 0.3 is 0 Å². The van der Waals surface area contributed by atoms with Crippen molar-refractivity contribution in [3.05, 3.63) is 82.6 Å². The highest BCUT2D eigenvalue weighted by Gasteiger charge is 2.07. The van der Waals surface area contributed by atoms with Crippen LogP contribution < -0.4 is 5.32 Å². The van der Waals surface area contributed by atoms with Gasteiger partial charge in [-0.1, -0.05) is 60.1 Å². The minimum atomic E-state index is -0.337. The molecule has 128 valence electrons. The molecule has 0 aliphatic rings. The van der Waals surface area contributed by atoms with Crippen molar-refractivity contribution in [1.29, 1.82) is 0 Å². The molecule has 0 heterocycles. The number of amides is 1. The van der Waals surface area contributed by atoms with E-state index in [9.17, 15) is 9.18 Å². The average Bonchev–Trinajstić information content (AvgIpc) is 2.62. The Balaban J connectivity index is 1.51. The fourth-order valence-corrected chi connectivity index (χ4v) is 3.59. The van der Waals surface area contributed by atoms with E-state index in [-0.39, 0.29) is 17.5 Å². The molecule has 0 atom stereocenters. The fourth-order valence-electron chi connectivity index (χ4n) is 2.58. The van der Waals surface area contributed by atoms with Crippen molar-refractivity contribution in [2.75, 3.05) is 5.75 Å². The van der Waals surface area contributed by atoms with Gasteiger partial charge in [-0.25, -0.2) is 4.39 Å². The minimum Gasteiger partial charge on any atom is -0.351 e.